The fourth-order valence-corrected chi connectivity index (χ4v) is 5.46. The number of hydrogen-bond donors (Lipinski definition) is 2. The van der Waals surface area contributed by atoms with Crippen LogP contribution in [0.1, 0.15) is 6.92 Å². The molecule has 0 saturated carbocycles. The van der Waals surface area contributed by atoms with Crippen molar-refractivity contribution in [3.05, 3.63) is 78.9 Å². The van der Waals surface area contributed by atoms with E-state index in [0.717, 1.165) is 10.6 Å². The Kier molecular flexibility index (Phi) is 7.48. The second-order valence-corrected chi connectivity index (χ2v) is 11.0. The van der Waals surface area contributed by atoms with Crippen molar-refractivity contribution >= 4 is 43.0 Å². The number of nitrogens with one attached hydrogen (secondary N) is 2. The van der Waals surface area contributed by atoms with Crippen LogP contribution in [0.15, 0.2) is 83.8 Å². The van der Waals surface area contributed by atoms with Gasteiger partial charge in [0, 0.05) is 11.4 Å². The van der Waals surface area contributed by atoms with Crippen LogP contribution in [0.25, 0.3) is 0 Å². The van der Waals surface area contributed by atoms with Crippen molar-refractivity contribution in [3.8, 4) is 5.75 Å². The van der Waals surface area contributed by atoms with Gasteiger partial charge in [0.05, 0.1) is 23.9 Å². The van der Waals surface area contributed by atoms with Gasteiger partial charge < -0.3 is 10.1 Å². The molecule has 0 radical (unpaired) electrons. The molecule has 180 valence electrons. The maximum absolute atomic E-state index is 12.8. The van der Waals surface area contributed by atoms with E-state index in [2.05, 4.69) is 10.0 Å². The Hall–Kier alpha value is -3.57. The maximum atomic E-state index is 12.8. The first-order chi connectivity index (χ1) is 16.0. The summed E-state index contributed by atoms with van der Waals surface area (Å²) in [4.78, 5) is 12.9. The SMILES string of the molecule is COc1ccc(N(C(C)C(=O)Nc2ccc(S(=O)(=O)Nc3ccccc3)cc2)S(C)(=O)=O)cc1. The van der Waals surface area contributed by atoms with Crippen molar-refractivity contribution in [1.82, 2.24) is 0 Å². The highest BCUT2D eigenvalue weighted by Crippen LogP contribution is 2.25. The Balaban J connectivity index is 1.75. The van der Waals surface area contributed by atoms with Gasteiger partial charge >= 0.3 is 0 Å². The summed E-state index contributed by atoms with van der Waals surface area (Å²) in [5.74, 6) is -0.0367. The van der Waals surface area contributed by atoms with Gasteiger partial charge in [0.1, 0.15) is 11.8 Å². The molecule has 9 nitrogen and oxygen atoms in total. The zero-order valence-corrected chi connectivity index (χ0v) is 20.4. The van der Waals surface area contributed by atoms with Gasteiger partial charge in [0.2, 0.25) is 15.9 Å². The summed E-state index contributed by atoms with van der Waals surface area (Å²) >= 11 is 0. The van der Waals surface area contributed by atoms with E-state index in [-0.39, 0.29) is 4.90 Å². The van der Waals surface area contributed by atoms with Gasteiger partial charge in [-0.15, -0.1) is 0 Å². The van der Waals surface area contributed by atoms with Gasteiger partial charge in [-0.2, -0.15) is 0 Å². The Morgan fingerprint density at radius 1 is 0.853 bits per heavy atom. The number of ether oxygens (including phenoxy) is 1. The number of nitrogens with zero attached hydrogens (tertiary/aromatic N) is 1. The van der Waals surface area contributed by atoms with E-state index in [0.29, 0.717) is 22.8 Å². The first kappa shape index (κ1) is 25.1. The largest absolute Gasteiger partial charge is 0.497 e. The number of methoxy groups -OCH3 is 1. The first-order valence-electron chi connectivity index (χ1n) is 10.1. The van der Waals surface area contributed by atoms with E-state index in [1.165, 1.54) is 38.3 Å². The number of anilines is 3. The van der Waals surface area contributed by atoms with Gasteiger partial charge in [0.15, 0.2) is 0 Å². The van der Waals surface area contributed by atoms with Crippen molar-refractivity contribution in [3.63, 3.8) is 0 Å². The van der Waals surface area contributed by atoms with E-state index < -0.39 is 32.0 Å². The van der Waals surface area contributed by atoms with Gasteiger partial charge in [-0.3, -0.25) is 13.8 Å². The minimum absolute atomic E-state index is 0.0124. The summed E-state index contributed by atoms with van der Waals surface area (Å²) in [6, 6.07) is 19.2. The van der Waals surface area contributed by atoms with Gasteiger partial charge in [0.25, 0.3) is 10.0 Å². The second kappa shape index (κ2) is 10.1. The zero-order valence-electron chi connectivity index (χ0n) is 18.8. The summed E-state index contributed by atoms with van der Waals surface area (Å²) in [6.07, 6.45) is 1.01. The fourth-order valence-electron chi connectivity index (χ4n) is 3.22. The quantitative estimate of drug-likeness (QED) is 0.462. The second-order valence-electron chi connectivity index (χ2n) is 7.42. The Bertz CT molecular complexity index is 1340. The number of rotatable bonds is 9. The minimum atomic E-state index is -3.81. The van der Waals surface area contributed by atoms with Gasteiger partial charge in [-0.25, -0.2) is 16.8 Å². The number of sulfonamides is 2. The van der Waals surface area contributed by atoms with Crippen LogP contribution in [0.4, 0.5) is 17.1 Å². The molecule has 2 N–H and O–H groups in total. The highest BCUT2D eigenvalue weighted by Gasteiger charge is 2.29. The smallest absolute Gasteiger partial charge is 0.261 e. The lowest BCUT2D eigenvalue weighted by Gasteiger charge is -2.28. The van der Waals surface area contributed by atoms with E-state index in [9.17, 15) is 21.6 Å². The molecule has 3 aromatic carbocycles. The molecule has 0 fully saturated rings. The molecule has 0 bridgehead atoms. The molecule has 0 aromatic heterocycles. The monoisotopic (exact) mass is 503 g/mol. The van der Waals surface area contributed by atoms with Crippen LogP contribution < -0.4 is 19.1 Å². The number of carbonyl (C=O) groups is 1. The highest BCUT2D eigenvalue weighted by atomic mass is 32.2. The predicted molar refractivity (Wildman–Crippen MR) is 132 cm³/mol. The standard InChI is InChI=1S/C23H25N3O6S2/c1-17(26(33(3,28)29)20-11-13-21(32-2)14-12-20)23(27)24-18-9-15-22(16-10-18)34(30,31)25-19-7-5-4-6-8-19/h4-17,25H,1-3H3,(H,24,27). The molecule has 34 heavy (non-hydrogen) atoms. The molecule has 0 heterocycles. The zero-order chi connectivity index (χ0) is 24.9. The summed E-state index contributed by atoms with van der Waals surface area (Å²) < 4.78 is 58.6. The number of hydrogen-bond acceptors (Lipinski definition) is 6. The van der Waals surface area contributed by atoms with Gasteiger partial charge in [-0.1, -0.05) is 18.2 Å². The van der Waals surface area contributed by atoms with Crippen LogP contribution in [0.5, 0.6) is 5.75 Å². The third-order valence-corrected chi connectivity index (χ3v) is 7.51. The molecule has 0 spiro atoms. The minimum Gasteiger partial charge on any atom is -0.497 e. The van der Waals surface area contributed by atoms with Crippen molar-refractivity contribution in [1.29, 1.82) is 0 Å². The normalized spacial score (nSPS) is 12.4. The molecular weight excluding hydrogens is 478 g/mol. The average Bonchev–Trinajstić information content (AvgIpc) is 2.79. The molecule has 1 atom stereocenters. The van der Waals surface area contributed by atoms with E-state index in [1.807, 2.05) is 0 Å². The molecule has 1 unspecified atom stereocenters. The van der Waals surface area contributed by atoms with Crippen molar-refractivity contribution < 1.29 is 26.4 Å². The summed E-state index contributed by atoms with van der Waals surface area (Å²) in [5.41, 5.74) is 1.05. The highest BCUT2D eigenvalue weighted by molar-refractivity contribution is 7.92. The van der Waals surface area contributed by atoms with E-state index >= 15 is 0 Å². The molecule has 0 aliphatic rings. The fraction of sp³-hybridized carbons (Fsp3) is 0.174. The molecule has 0 aliphatic heterocycles. The Morgan fingerprint density at radius 3 is 1.97 bits per heavy atom. The molecule has 0 saturated heterocycles. The lowest BCUT2D eigenvalue weighted by atomic mass is 10.2. The van der Waals surface area contributed by atoms with E-state index in [4.69, 9.17) is 4.74 Å². The van der Waals surface area contributed by atoms with Crippen LogP contribution in [-0.4, -0.2) is 42.2 Å². The van der Waals surface area contributed by atoms with Gasteiger partial charge in [-0.05, 0) is 67.6 Å². The van der Waals surface area contributed by atoms with Crippen LogP contribution in [-0.2, 0) is 24.8 Å². The summed E-state index contributed by atoms with van der Waals surface area (Å²) in [7, 11) is -6.10. The van der Waals surface area contributed by atoms with E-state index in [1.54, 1.807) is 54.6 Å². The molecule has 0 aliphatic carbocycles. The predicted octanol–water partition coefficient (Wildman–Crippen LogP) is 3.29. The first-order valence-corrected chi connectivity index (χ1v) is 13.5. The lowest BCUT2D eigenvalue weighted by molar-refractivity contribution is -0.116. The summed E-state index contributed by atoms with van der Waals surface area (Å²) in [5, 5.41) is 2.63. The third-order valence-electron chi connectivity index (χ3n) is 4.87. The number of carbonyl (C=O) groups excluding carboxylic acids is 1. The number of benzene rings is 3. The van der Waals surface area contributed by atoms with Crippen LogP contribution in [0.3, 0.4) is 0 Å². The van der Waals surface area contributed by atoms with Crippen LogP contribution >= 0.6 is 0 Å². The molecule has 3 rings (SSSR count). The molecule has 3 aromatic rings. The topological polar surface area (TPSA) is 122 Å². The summed E-state index contributed by atoms with van der Waals surface area (Å²) in [6.45, 7) is 1.46. The van der Waals surface area contributed by atoms with Crippen molar-refractivity contribution in [2.75, 3.05) is 27.7 Å². The molecular formula is C23H25N3O6S2. The van der Waals surface area contributed by atoms with Crippen LogP contribution in [0, 0.1) is 0 Å². The maximum Gasteiger partial charge on any atom is 0.261 e. The lowest BCUT2D eigenvalue weighted by Crippen LogP contribution is -2.45. The number of amides is 1. The average molecular weight is 504 g/mol. The van der Waals surface area contributed by atoms with Crippen LogP contribution in [0.2, 0.25) is 0 Å². The third kappa shape index (κ3) is 6.06. The Labute approximate surface area is 199 Å². The molecule has 11 heteroatoms. The van der Waals surface area contributed by atoms with Crippen molar-refractivity contribution in [2.45, 2.75) is 17.9 Å². The Morgan fingerprint density at radius 2 is 1.44 bits per heavy atom. The number of para-hydroxylation sites is 1. The molecule has 1 amide bonds. The van der Waals surface area contributed by atoms with Crippen molar-refractivity contribution in [2.24, 2.45) is 0 Å².